The van der Waals surface area contributed by atoms with Crippen molar-refractivity contribution in [3.63, 3.8) is 0 Å². The van der Waals surface area contributed by atoms with E-state index in [1.165, 1.54) is 12.1 Å². The fraction of sp³-hybridized carbons (Fsp3) is 0.357. The van der Waals surface area contributed by atoms with Gasteiger partial charge < -0.3 is 14.9 Å². The third kappa shape index (κ3) is 3.51. The first kappa shape index (κ1) is 16.2. The van der Waals surface area contributed by atoms with Gasteiger partial charge in [0, 0.05) is 0 Å². The largest absolute Gasteiger partial charge is 0.504 e. The molecule has 0 radical (unpaired) electrons. The van der Waals surface area contributed by atoms with Crippen LogP contribution in [0.5, 0.6) is 11.5 Å². The Morgan fingerprint density at radius 1 is 1.32 bits per heavy atom. The van der Waals surface area contributed by atoms with E-state index < -0.39 is 28.9 Å². The minimum absolute atomic E-state index is 0.179. The van der Waals surface area contributed by atoms with Crippen molar-refractivity contribution in [2.45, 2.75) is 18.6 Å². The molecule has 0 spiro atoms. The molecule has 0 bridgehead atoms. The summed E-state index contributed by atoms with van der Waals surface area (Å²) in [5.41, 5.74) is 0.604. The van der Waals surface area contributed by atoms with Gasteiger partial charge in [0.15, 0.2) is 11.5 Å². The maximum absolute atomic E-state index is 12.2. The lowest BCUT2D eigenvalue weighted by molar-refractivity contribution is -0.146. The van der Waals surface area contributed by atoms with Crippen LogP contribution in [0.2, 0.25) is 0 Å². The molecule has 0 saturated carbocycles. The van der Waals surface area contributed by atoms with Crippen LogP contribution in [0.1, 0.15) is 12.5 Å². The molecule has 1 aliphatic rings. The molecule has 1 aliphatic heterocycles. The molecule has 1 aromatic carbocycles. The second kappa shape index (κ2) is 6.69. The lowest BCUT2D eigenvalue weighted by Crippen LogP contribution is -2.37. The van der Waals surface area contributed by atoms with Gasteiger partial charge in [0.2, 0.25) is 5.91 Å². The van der Waals surface area contributed by atoms with E-state index in [2.05, 4.69) is 0 Å². The second-order valence-corrected chi connectivity index (χ2v) is 5.78. The SMILES string of the molecule is CCOC(=O)CN1C(=O)SC(Cc2ccc(O)c(O)c2)C1=O. The van der Waals surface area contributed by atoms with Crippen LogP contribution in [0.3, 0.4) is 0 Å². The summed E-state index contributed by atoms with van der Waals surface area (Å²) in [5.74, 6) is -1.64. The van der Waals surface area contributed by atoms with Crippen LogP contribution in [-0.4, -0.2) is 50.6 Å². The summed E-state index contributed by atoms with van der Waals surface area (Å²) in [6.07, 6.45) is 0.211. The van der Waals surface area contributed by atoms with Crippen molar-refractivity contribution in [1.82, 2.24) is 4.90 Å². The smallest absolute Gasteiger partial charge is 0.326 e. The molecule has 1 atom stereocenters. The fourth-order valence-electron chi connectivity index (χ4n) is 2.02. The van der Waals surface area contributed by atoms with Gasteiger partial charge in [0.05, 0.1) is 11.9 Å². The van der Waals surface area contributed by atoms with Crippen LogP contribution < -0.4 is 0 Å². The molecule has 2 N–H and O–H groups in total. The number of rotatable bonds is 5. The normalized spacial score (nSPS) is 17.9. The number of aromatic hydroxyl groups is 2. The lowest BCUT2D eigenvalue weighted by Gasteiger charge is -2.12. The van der Waals surface area contributed by atoms with Gasteiger partial charge in [-0.05, 0) is 31.0 Å². The number of nitrogens with zero attached hydrogens (tertiary/aromatic N) is 1. The highest BCUT2D eigenvalue weighted by Gasteiger charge is 2.40. The Bertz CT molecular complexity index is 617. The fourth-order valence-corrected chi connectivity index (χ4v) is 3.05. The highest BCUT2D eigenvalue weighted by Crippen LogP contribution is 2.32. The van der Waals surface area contributed by atoms with Gasteiger partial charge >= 0.3 is 5.97 Å². The van der Waals surface area contributed by atoms with Crippen molar-refractivity contribution in [3.8, 4) is 11.5 Å². The van der Waals surface area contributed by atoms with Crippen molar-refractivity contribution in [1.29, 1.82) is 0 Å². The van der Waals surface area contributed by atoms with Crippen molar-refractivity contribution in [2.75, 3.05) is 13.2 Å². The summed E-state index contributed by atoms with van der Waals surface area (Å²) in [6.45, 7) is 1.43. The van der Waals surface area contributed by atoms with Gasteiger partial charge in [-0.2, -0.15) is 0 Å². The molecule has 1 fully saturated rings. The van der Waals surface area contributed by atoms with E-state index in [4.69, 9.17) is 4.74 Å². The van der Waals surface area contributed by atoms with Crippen LogP contribution in [0, 0.1) is 0 Å². The van der Waals surface area contributed by atoms with Crippen LogP contribution >= 0.6 is 11.8 Å². The molecular weight excluding hydrogens is 310 g/mol. The average molecular weight is 325 g/mol. The number of phenols is 2. The van der Waals surface area contributed by atoms with E-state index in [9.17, 15) is 24.6 Å². The Morgan fingerprint density at radius 3 is 2.68 bits per heavy atom. The van der Waals surface area contributed by atoms with Gasteiger partial charge in [-0.25, -0.2) is 0 Å². The molecule has 118 valence electrons. The zero-order chi connectivity index (χ0) is 16.3. The summed E-state index contributed by atoms with van der Waals surface area (Å²) in [5, 5.41) is 17.5. The number of phenolic OH excluding ortho intramolecular Hbond substituents is 2. The first-order chi connectivity index (χ1) is 10.4. The van der Waals surface area contributed by atoms with E-state index >= 15 is 0 Å². The minimum atomic E-state index is -0.661. The molecule has 22 heavy (non-hydrogen) atoms. The van der Waals surface area contributed by atoms with Crippen LogP contribution in [0.4, 0.5) is 4.79 Å². The van der Waals surface area contributed by atoms with E-state index in [0.29, 0.717) is 5.56 Å². The molecule has 0 aromatic heterocycles. The summed E-state index contributed by atoms with van der Waals surface area (Å²) < 4.78 is 4.73. The lowest BCUT2D eigenvalue weighted by atomic mass is 10.1. The molecule has 8 heteroatoms. The topological polar surface area (TPSA) is 104 Å². The minimum Gasteiger partial charge on any atom is -0.504 e. The standard InChI is InChI=1S/C14H15NO6S/c1-2-21-12(18)7-15-13(19)11(22-14(15)20)6-8-3-4-9(16)10(17)5-8/h3-5,11,16-17H,2,6-7H2,1H3. The number of carbonyl (C=O) groups excluding carboxylic acids is 3. The van der Waals surface area contributed by atoms with Crippen molar-refractivity contribution < 1.29 is 29.3 Å². The number of imide groups is 1. The molecule has 1 unspecified atom stereocenters. The summed E-state index contributed by atoms with van der Waals surface area (Å²) in [7, 11) is 0. The Morgan fingerprint density at radius 2 is 2.05 bits per heavy atom. The number of hydrogen-bond acceptors (Lipinski definition) is 7. The number of hydrogen-bond donors (Lipinski definition) is 2. The van der Waals surface area contributed by atoms with Crippen LogP contribution in [-0.2, 0) is 20.7 Å². The Balaban J connectivity index is 2.04. The van der Waals surface area contributed by atoms with Gasteiger partial charge in [-0.1, -0.05) is 17.8 Å². The summed E-state index contributed by atoms with van der Waals surface area (Å²) >= 11 is 0.832. The highest BCUT2D eigenvalue weighted by atomic mass is 32.2. The molecule has 2 rings (SSSR count). The molecule has 1 heterocycles. The second-order valence-electron chi connectivity index (χ2n) is 4.63. The predicted octanol–water partition coefficient (Wildman–Crippen LogP) is 1.27. The predicted molar refractivity (Wildman–Crippen MR) is 78.6 cm³/mol. The van der Waals surface area contributed by atoms with E-state index in [-0.39, 0.29) is 24.5 Å². The monoisotopic (exact) mass is 325 g/mol. The first-order valence-electron chi connectivity index (χ1n) is 6.60. The van der Waals surface area contributed by atoms with Gasteiger partial charge in [-0.15, -0.1) is 0 Å². The van der Waals surface area contributed by atoms with Crippen molar-refractivity contribution in [3.05, 3.63) is 23.8 Å². The number of esters is 1. The van der Waals surface area contributed by atoms with E-state index in [1.54, 1.807) is 13.0 Å². The highest BCUT2D eigenvalue weighted by molar-refractivity contribution is 8.15. The summed E-state index contributed by atoms with van der Waals surface area (Å²) in [4.78, 5) is 36.3. The van der Waals surface area contributed by atoms with Crippen molar-refractivity contribution in [2.24, 2.45) is 0 Å². The maximum atomic E-state index is 12.2. The average Bonchev–Trinajstić information content (AvgIpc) is 2.71. The molecule has 7 nitrogen and oxygen atoms in total. The number of carbonyl (C=O) groups is 3. The van der Waals surface area contributed by atoms with E-state index in [1.807, 2.05) is 0 Å². The molecule has 2 amide bonds. The third-order valence-electron chi connectivity index (χ3n) is 3.06. The van der Waals surface area contributed by atoms with Gasteiger partial charge in [-0.3, -0.25) is 19.3 Å². The number of thioether (sulfide) groups is 1. The molecule has 0 aliphatic carbocycles. The molecular formula is C14H15NO6S. The first-order valence-corrected chi connectivity index (χ1v) is 7.48. The van der Waals surface area contributed by atoms with Crippen LogP contribution in [0.15, 0.2) is 18.2 Å². The van der Waals surface area contributed by atoms with Gasteiger partial charge in [0.1, 0.15) is 6.54 Å². The zero-order valence-corrected chi connectivity index (χ0v) is 12.6. The van der Waals surface area contributed by atoms with Crippen molar-refractivity contribution >= 4 is 28.9 Å². The van der Waals surface area contributed by atoms with Gasteiger partial charge in [0.25, 0.3) is 5.24 Å². The quantitative estimate of drug-likeness (QED) is 0.620. The molecule has 1 aromatic rings. The van der Waals surface area contributed by atoms with E-state index in [0.717, 1.165) is 16.7 Å². The third-order valence-corrected chi connectivity index (χ3v) is 4.13. The number of amides is 2. The maximum Gasteiger partial charge on any atom is 0.326 e. The Kier molecular flexibility index (Phi) is 4.92. The Labute approximate surface area is 130 Å². The Hall–Kier alpha value is -2.22. The summed E-state index contributed by atoms with van der Waals surface area (Å²) in [6, 6.07) is 4.20. The number of ether oxygens (including phenoxy) is 1. The van der Waals surface area contributed by atoms with Crippen LogP contribution in [0.25, 0.3) is 0 Å². The zero-order valence-electron chi connectivity index (χ0n) is 11.8. The number of benzene rings is 1. The molecule has 1 saturated heterocycles.